The largest absolute Gasteiger partial charge is 0.392 e. The Morgan fingerprint density at radius 2 is 1.88 bits per heavy atom. The molecule has 1 aromatic carbocycles. The molecule has 1 saturated heterocycles. The van der Waals surface area contributed by atoms with E-state index in [1.165, 1.54) is 6.20 Å². The number of rotatable bonds is 1. The summed E-state index contributed by atoms with van der Waals surface area (Å²) in [6, 6.07) is 9.86. The number of pyridine rings is 1. The molecular weight excluding hydrogens is 329 g/mol. The fraction of sp³-hybridized carbons (Fsp3) is 0.381. The van der Waals surface area contributed by atoms with Crippen LogP contribution in [0.25, 0.3) is 22.2 Å². The second-order valence-electron chi connectivity index (χ2n) is 7.19. The smallest absolute Gasteiger partial charge is 0.150 e. The molecule has 0 spiro atoms. The summed E-state index contributed by atoms with van der Waals surface area (Å²) in [6.45, 7) is 8.10. The second kappa shape index (κ2) is 7.98. The number of fused-ring (bicyclic) bond motifs is 1. The van der Waals surface area contributed by atoms with Crippen molar-refractivity contribution in [3.05, 3.63) is 54.1 Å². The van der Waals surface area contributed by atoms with Gasteiger partial charge in [0.05, 0.1) is 11.5 Å². The number of aliphatic hydroxyl groups is 1. The highest BCUT2D eigenvalue weighted by Gasteiger charge is 2.24. The fourth-order valence-corrected chi connectivity index (χ4v) is 3.41. The lowest BCUT2D eigenvalue weighted by atomic mass is 9.90. The Kier molecular flexibility index (Phi) is 5.69. The Hall–Kier alpha value is -2.24. The maximum atomic E-state index is 13.7. The monoisotopic (exact) mass is 355 g/mol. The van der Waals surface area contributed by atoms with Crippen LogP contribution in [0.5, 0.6) is 0 Å². The molecule has 0 saturated carbocycles. The quantitative estimate of drug-likeness (QED) is 0.620. The van der Waals surface area contributed by atoms with Gasteiger partial charge >= 0.3 is 0 Å². The minimum atomic E-state index is -0.260. The van der Waals surface area contributed by atoms with Crippen LogP contribution in [0.2, 0.25) is 0 Å². The van der Waals surface area contributed by atoms with Gasteiger partial charge in [-0.05, 0) is 36.0 Å². The molecule has 0 amide bonds. The number of H-pyrrole nitrogens is 1. The Morgan fingerprint density at radius 1 is 1.15 bits per heavy atom. The Balaban J connectivity index is 0.000000185. The van der Waals surface area contributed by atoms with Crippen LogP contribution in [0.4, 0.5) is 4.39 Å². The van der Waals surface area contributed by atoms with Gasteiger partial charge in [-0.25, -0.2) is 9.37 Å². The molecule has 138 valence electrons. The van der Waals surface area contributed by atoms with Crippen molar-refractivity contribution in [2.75, 3.05) is 13.1 Å². The van der Waals surface area contributed by atoms with Gasteiger partial charge in [-0.3, -0.25) is 0 Å². The first-order chi connectivity index (χ1) is 12.5. The number of aryl methyl sites for hydroxylation is 1. The number of benzene rings is 1. The number of nitrogens with one attached hydrogen (secondary N) is 2. The number of hydrogen-bond acceptors (Lipinski definition) is 3. The molecule has 2 unspecified atom stereocenters. The molecule has 4 nitrogen and oxygen atoms in total. The standard InChI is InChI=1S/C14H11FN2.C7H15NO/c1-9-3-2-4-10(7-9)11-5-6-16-14-13(11)12(15)8-17-14;1-5-3-8-4-6(2)7(5)9/h2-8H,1H3,(H,16,17);5-9H,3-4H2,1-2H3. The highest BCUT2D eigenvalue weighted by Crippen LogP contribution is 2.29. The highest BCUT2D eigenvalue weighted by atomic mass is 19.1. The van der Waals surface area contributed by atoms with Gasteiger partial charge in [-0.1, -0.05) is 43.7 Å². The number of aromatic amines is 1. The van der Waals surface area contributed by atoms with Gasteiger partial charge in [-0.2, -0.15) is 0 Å². The summed E-state index contributed by atoms with van der Waals surface area (Å²) < 4.78 is 13.7. The number of aliphatic hydroxyl groups excluding tert-OH is 1. The van der Waals surface area contributed by atoms with E-state index in [0.717, 1.165) is 29.8 Å². The SMILES string of the molecule is CC1CNCC(C)C1O.Cc1cccc(-c2ccnc3[nH]cc(F)c23)c1. The van der Waals surface area contributed by atoms with Gasteiger partial charge in [0.2, 0.25) is 0 Å². The molecular formula is C21H26FN3O. The zero-order valence-electron chi connectivity index (χ0n) is 15.5. The Bertz CT molecular complexity index is 867. The Morgan fingerprint density at radius 3 is 2.54 bits per heavy atom. The third-order valence-electron chi connectivity index (χ3n) is 4.95. The van der Waals surface area contributed by atoms with Gasteiger partial charge < -0.3 is 15.4 Å². The summed E-state index contributed by atoms with van der Waals surface area (Å²) in [6.07, 6.45) is 2.94. The van der Waals surface area contributed by atoms with E-state index in [9.17, 15) is 9.50 Å². The van der Waals surface area contributed by atoms with Gasteiger partial charge in [0.25, 0.3) is 0 Å². The second-order valence-corrected chi connectivity index (χ2v) is 7.19. The normalized spacial score (nSPS) is 22.7. The predicted molar refractivity (Wildman–Crippen MR) is 103 cm³/mol. The minimum absolute atomic E-state index is 0.0914. The number of hydrogen-bond donors (Lipinski definition) is 3. The number of halogens is 1. The van der Waals surface area contributed by atoms with Crippen molar-refractivity contribution in [1.82, 2.24) is 15.3 Å². The molecule has 1 fully saturated rings. The molecule has 0 radical (unpaired) electrons. The summed E-state index contributed by atoms with van der Waals surface area (Å²) in [4.78, 5) is 6.94. The van der Waals surface area contributed by atoms with Gasteiger partial charge in [0.1, 0.15) is 5.65 Å². The first-order valence-corrected chi connectivity index (χ1v) is 9.04. The number of piperidine rings is 1. The maximum absolute atomic E-state index is 13.7. The van der Waals surface area contributed by atoms with E-state index in [1.807, 2.05) is 37.3 Å². The summed E-state index contributed by atoms with van der Waals surface area (Å²) in [7, 11) is 0. The summed E-state index contributed by atoms with van der Waals surface area (Å²) in [5, 5.41) is 13.2. The van der Waals surface area contributed by atoms with E-state index in [-0.39, 0.29) is 11.9 Å². The van der Waals surface area contributed by atoms with Crippen molar-refractivity contribution in [3.8, 4) is 11.1 Å². The molecule has 2 atom stereocenters. The first-order valence-electron chi connectivity index (χ1n) is 9.04. The van der Waals surface area contributed by atoms with E-state index >= 15 is 0 Å². The molecule has 3 heterocycles. The molecule has 26 heavy (non-hydrogen) atoms. The lowest BCUT2D eigenvalue weighted by molar-refractivity contribution is 0.0434. The zero-order chi connectivity index (χ0) is 18.7. The molecule has 2 aromatic heterocycles. The van der Waals surface area contributed by atoms with Gasteiger partial charge in [-0.15, -0.1) is 0 Å². The molecule has 5 heteroatoms. The van der Waals surface area contributed by atoms with Crippen molar-refractivity contribution in [3.63, 3.8) is 0 Å². The van der Waals surface area contributed by atoms with E-state index in [0.29, 0.717) is 22.9 Å². The lowest BCUT2D eigenvalue weighted by Crippen LogP contribution is -2.44. The first kappa shape index (κ1) is 18.5. The van der Waals surface area contributed by atoms with E-state index in [2.05, 4.69) is 29.1 Å². The average Bonchev–Trinajstić information content (AvgIpc) is 3.02. The molecule has 3 aromatic rings. The summed E-state index contributed by atoms with van der Waals surface area (Å²) in [5.41, 5.74) is 3.62. The lowest BCUT2D eigenvalue weighted by Gasteiger charge is -2.30. The van der Waals surface area contributed by atoms with Crippen LogP contribution in [0, 0.1) is 24.6 Å². The van der Waals surface area contributed by atoms with Gasteiger partial charge in [0, 0.05) is 25.5 Å². The van der Waals surface area contributed by atoms with Crippen molar-refractivity contribution in [1.29, 1.82) is 0 Å². The highest BCUT2D eigenvalue weighted by molar-refractivity contribution is 5.93. The van der Waals surface area contributed by atoms with Gasteiger partial charge in [0.15, 0.2) is 5.82 Å². The summed E-state index contributed by atoms with van der Waals surface area (Å²) >= 11 is 0. The average molecular weight is 355 g/mol. The maximum Gasteiger partial charge on any atom is 0.150 e. The number of aromatic nitrogens is 2. The molecule has 1 aliphatic heterocycles. The Labute approximate surface area is 153 Å². The van der Waals surface area contributed by atoms with Crippen molar-refractivity contribution in [2.45, 2.75) is 26.9 Å². The van der Waals surface area contributed by atoms with E-state index < -0.39 is 0 Å². The molecule has 3 N–H and O–H groups in total. The predicted octanol–water partition coefficient (Wildman–Crippen LogP) is 3.90. The third kappa shape index (κ3) is 3.94. The van der Waals surface area contributed by atoms with Crippen LogP contribution in [0.15, 0.2) is 42.7 Å². The zero-order valence-corrected chi connectivity index (χ0v) is 15.5. The van der Waals surface area contributed by atoms with Crippen LogP contribution >= 0.6 is 0 Å². The molecule has 0 bridgehead atoms. The fourth-order valence-electron chi connectivity index (χ4n) is 3.41. The minimum Gasteiger partial charge on any atom is -0.392 e. The summed E-state index contributed by atoms with van der Waals surface area (Å²) in [5.74, 6) is 0.590. The van der Waals surface area contributed by atoms with Crippen LogP contribution in [-0.2, 0) is 0 Å². The van der Waals surface area contributed by atoms with E-state index in [1.54, 1.807) is 6.20 Å². The van der Waals surface area contributed by atoms with Crippen molar-refractivity contribution in [2.24, 2.45) is 11.8 Å². The van der Waals surface area contributed by atoms with Crippen LogP contribution in [0.3, 0.4) is 0 Å². The topological polar surface area (TPSA) is 60.9 Å². The van der Waals surface area contributed by atoms with Crippen molar-refractivity contribution < 1.29 is 9.50 Å². The third-order valence-corrected chi connectivity index (χ3v) is 4.95. The van der Waals surface area contributed by atoms with Crippen LogP contribution < -0.4 is 5.32 Å². The number of nitrogens with zero attached hydrogens (tertiary/aromatic N) is 1. The van der Waals surface area contributed by atoms with Crippen molar-refractivity contribution >= 4 is 11.0 Å². The van der Waals surface area contributed by atoms with E-state index in [4.69, 9.17) is 0 Å². The molecule has 4 rings (SSSR count). The molecule has 0 aliphatic carbocycles. The molecule has 1 aliphatic rings. The van der Waals surface area contributed by atoms with Crippen LogP contribution in [0.1, 0.15) is 19.4 Å². The van der Waals surface area contributed by atoms with Crippen LogP contribution in [-0.4, -0.2) is 34.3 Å².